The molecule has 3 rings (SSSR count). The molecule has 0 bridgehead atoms. The van der Waals surface area contributed by atoms with Gasteiger partial charge < -0.3 is 14.4 Å². The minimum Gasteiger partial charge on any atom is -0.465 e. The Morgan fingerprint density at radius 3 is 2.41 bits per heavy atom. The number of hydrogen-bond donors (Lipinski definition) is 0. The molecule has 7 nitrogen and oxygen atoms in total. The van der Waals surface area contributed by atoms with Gasteiger partial charge in [-0.25, -0.2) is 14.0 Å². The van der Waals surface area contributed by atoms with Gasteiger partial charge in [-0.05, 0) is 30.4 Å². The maximum absolute atomic E-state index is 15.0. The average molecular weight is 396 g/mol. The lowest BCUT2D eigenvalue weighted by atomic mass is 10.1. The van der Waals surface area contributed by atoms with Crippen LogP contribution in [0.25, 0.3) is 5.69 Å². The number of hydrogen-bond acceptors (Lipinski definition) is 6. The van der Waals surface area contributed by atoms with E-state index in [0.717, 1.165) is 13.2 Å². The average Bonchev–Trinajstić information content (AvgIpc) is 2.95. The number of aromatic nitrogens is 1. The summed E-state index contributed by atoms with van der Waals surface area (Å²) in [5.74, 6) is -2.33. The molecule has 1 aliphatic heterocycles. The molecule has 2 aromatic rings. The summed E-state index contributed by atoms with van der Waals surface area (Å²) in [6.45, 7) is 0. The van der Waals surface area contributed by atoms with Crippen LogP contribution < -0.4 is 10.5 Å². The van der Waals surface area contributed by atoms with Gasteiger partial charge in [-0.1, -0.05) is 12.1 Å². The molecule has 0 radical (unpaired) electrons. The predicted octanol–water partition coefficient (Wildman–Crippen LogP) is 2.47. The molecular formula is C21H17FN2O5. The van der Waals surface area contributed by atoms with Crippen LogP contribution in [0.1, 0.15) is 0 Å². The number of nitrogens with zero attached hydrogens (tertiary/aromatic N) is 2. The van der Waals surface area contributed by atoms with Gasteiger partial charge in [0.1, 0.15) is 11.5 Å². The van der Waals surface area contributed by atoms with Crippen LogP contribution in [0.5, 0.6) is 0 Å². The lowest BCUT2D eigenvalue weighted by molar-refractivity contribution is -0.139. The van der Waals surface area contributed by atoms with E-state index in [9.17, 15) is 14.4 Å². The molecule has 0 unspecified atom stereocenters. The van der Waals surface area contributed by atoms with Crippen molar-refractivity contribution in [1.29, 1.82) is 0 Å². The summed E-state index contributed by atoms with van der Waals surface area (Å²) in [6.07, 6.45) is 7.37. The van der Waals surface area contributed by atoms with E-state index in [4.69, 9.17) is 9.47 Å². The van der Waals surface area contributed by atoms with Crippen molar-refractivity contribution in [3.05, 3.63) is 94.5 Å². The van der Waals surface area contributed by atoms with E-state index in [1.165, 1.54) is 65.4 Å². The highest BCUT2D eigenvalue weighted by Gasteiger charge is 2.28. The maximum Gasteiger partial charge on any atom is 0.355 e. The summed E-state index contributed by atoms with van der Waals surface area (Å²) < 4.78 is 25.8. The van der Waals surface area contributed by atoms with Crippen molar-refractivity contribution in [2.75, 3.05) is 19.1 Å². The first-order chi connectivity index (χ1) is 14.0. The number of anilines is 1. The van der Waals surface area contributed by atoms with Gasteiger partial charge in [-0.15, -0.1) is 0 Å². The van der Waals surface area contributed by atoms with Gasteiger partial charge in [-0.2, -0.15) is 0 Å². The fourth-order valence-electron chi connectivity index (χ4n) is 2.83. The molecule has 0 fully saturated rings. The zero-order chi connectivity index (χ0) is 21.0. The molecule has 0 spiro atoms. The van der Waals surface area contributed by atoms with Gasteiger partial charge in [0, 0.05) is 24.5 Å². The molecule has 0 aliphatic carbocycles. The highest BCUT2D eigenvalue weighted by molar-refractivity contribution is 6.05. The Labute approximate surface area is 165 Å². The lowest BCUT2D eigenvalue weighted by Crippen LogP contribution is -2.27. The normalized spacial score (nSPS) is 13.3. The van der Waals surface area contributed by atoms with E-state index in [2.05, 4.69) is 0 Å². The van der Waals surface area contributed by atoms with Crippen molar-refractivity contribution in [2.24, 2.45) is 0 Å². The number of carbonyl (C=O) groups is 2. The van der Waals surface area contributed by atoms with E-state index in [0.29, 0.717) is 5.69 Å². The number of carbonyl (C=O) groups excluding carboxylic acids is 2. The summed E-state index contributed by atoms with van der Waals surface area (Å²) >= 11 is 0. The van der Waals surface area contributed by atoms with Crippen molar-refractivity contribution in [1.82, 2.24) is 4.57 Å². The number of methoxy groups -OCH3 is 2. The van der Waals surface area contributed by atoms with Crippen molar-refractivity contribution in [3.63, 3.8) is 0 Å². The monoisotopic (exact) mass is 396 g/mol. The number of benzene rings is 1. The third-order valence-electron chi connectivity index (χ3n) is 4.18. The zero-order valence-corrected chi connectivity index (χ0v) is 15.7. The topological polar surface area (TPSA) is 77.8 Å². The third-order valence-corrected chi connectivity index (χ3v) is 4.18. The molecule has 1 aromatic carbocycles. The van der Waals surface area contributed by atoms with Crippen LogP contribution in [0.2, 0.25) is 0 Å². The molecule has 0 amide bonds. The second-order valence-corrected chi connectivity index (χ2v) is 5.86. The number of rotatable bonds is 4. The second kappa shape index (κ2) is 8.39. The number of ether oxygens (including phenoxy) is 2. The lowest BCUT2D eigenvalue weighted by Gasteiger charge is -2.23. The quantitative estimate of drug-likeness (QED) is 0.739. The van der Waals surface area contributed by atoms with Gasteiger partial charge in [-0.3, -0.25) is 9.36 Å². The smallest absolute Gasteiger partial charge is 0.355 e. The van der Waals surface area contributed by atoms with Crippen LogP contribution in [0.3, 0.4) is 0 Å². The fraction of sp³-hybridized carbons (Fsp3) is 0.0952. The molecule has 1 aromatic heterocycles. The van der Waals surface area contributed by atoms with Crippen LogP contribution in [0, 0.1) is 5.82 Å². The second-order valence-electron chi connectivity index (χ2n) is 5.86. The summed E-state index contributed by atoms with van der Waals surface area (Å²) in [7, 11) is 2.33. The van der Waals surface area contributed by atoms with Gasteiger partial charge >= 0.3 is 11.9 Å². The SMILES string of the molecule is COC(=O)C1=C(C(=O)OC)N(c2ccc(-n3ccccc3=O)cc2F)C=CC=C1. The highest BCUT2D eigenvalue weighted by Crippen LogP contribution is 2.29. The predicted molar refractivity (Wildman–Crippen MR) is 104 cm³/mol. The molecule has 2 heterocycles. The Morgan fingerprint density at radius 2 is 1.76 bits per heavy atom. The van der Waals surface area contributed by atoms with Crippen molar-refractivity contribution in [2.45, 2.75) is 0 Å². The van der Waals surface area contributed by atoms with Crippen LogP contribution in [-0.2, 0) is 19.1 Å². The summed E-state index contributed by atoms with van der Waals surface area (Å²) in [5, 5.41) is 0. The van der Waals surface area contributed by atoms with E-state index < -0.39 is 17.8 Å². The first-order valence-electron chi connectivity index (χ1n) is 8.50. The molecule has 0 atom stereocenters. The van der Waals surface area contributed by atoms with E-state index >= 15 is 4.39 Å². The van der Waals surface area contributed by atoms with Gasteiger partial charge in [0.2, 0.25) is 0 Å². The fourth-order valence-corrected chi connectivity index (χ4v) is 2.83. The molecule has 0 N–H and O–H groups in total. The minimum absolute atomic E-state index is 0.0144. The Hall–Kier alpha value is -3.94. The Morgan fingerprint density at radius 1 is 1.00 bits per heavy atom. The molecule has 148 valence electrons. The standard InChI is InChI=1S/C21H17FN2O5/c1-28-20(26)15-7-3-5-12-24(19(15)21(27)29-2)17-10-9-14(13-16(17)22)23-11-6-4-8-18(23)25/h3-13H,1-2H3. The molecule has 29 heavy (non-hydrogen) atoms. The number of allylic oxidation sites excluding steroid dienone is 2. The summed E-state index contributed by atoms with van der Waals surface area (Å²) in [4.78, 5) is 37.8. The van der Waals surface area contributed by atoms with Crippen molar-refractivity contribution >= 4 is 17.6 Å². The number of pyridine rings is 1. The first kappa shape index (κ1) is 19.8. The van der Waals surface area contributed by atoms with E-state index in [1.807, 2.05) is 0 Å². The van der Waals surface area contributed by atoms with E-state index in [1.54, 1.807) is 12.1 Å². The summed E-state index contributed by atoms with van der Waals surface area (Å²) in [6, 6.07) is 8.68. The Balaban J connectivity index is 2.15. The number of esters is 2. The van der Waals surface area contributed by atoms with Gasteiger partial charge in [0.15, 0.2) is 0 Å². The molecule has 0 saturated heterocycles. The van der Waals surface area contributed by atoms with Crippen LogP contribution in [0.15, 0.2) is 83.1 Å². The van der Waals surface area contributed by atoms with Crippen molar-refractivity contribution < 1.29 is 23.5 Å². The van der Waals surface area contributed by atoms with Crippen molar-refractivity contribution in [3.8, 4) is 5.69 Å². The van der Waals surface area contributed by atoms with Gasteiger partial charge in [0.25, 0.3) is 5.56 Å². The van der Waals surface area contributed by atoms with E-state index in [-0.39, 0.29) is 22.5 Å². The van der Waals surface area contributed by atoms with Gasteiger partial charge in [0.05, 0.1) is 31.2 Å². The molecule has 0 saturated carbocycles. The maximum atomic E-state index is 15.0. The van der Waals surface area contributed by atoms with Crippen LogP contribution in [0.4, 0.5) is 10.1 Å². The summed E-state index contributed by atoms with van der Waals surface area (Å²) in [5.41, 5.74) is -0.313. The van der Waals surface area contributed by atoms with Crippen LogP contribution in [-0.4, -0.2) is 30.7 Å². The molecule has 1 aliphatic rings. The first-order valence-corrected chi connectivity index (χ1v) is 8.50. The Bertz CT molecular complexity index is 1110. The Kier molecular flexibility index (Phi) is 5.73. The highest BCUT2D eigenvalue weighted by atomic mass is 19.1. The van der Waals surface area contributed by atoms with Crippen LogP contribution >= 0.6 is 0 Å². The minimum atomic E-state index is -0.843. The molecule has 8 heteroatoms. The number of halogens is 1. The molecular weight excluding hydrogens is 379 g/mol. The zero-order valence-electron chi connectivity index (χ0n) is 15.7. The largest absolute Gasteiger partial charge is 0.465 e. The third kappa shape index (κ3) is 3.86.